The van der Waals surface area contributed by atoms with E-state index in [-0.39, 0.29) is 10.8 Å². The van der Waals surface area contributed by atoms with E-state index in [9.17, 15) is 17.6 Å². The fourth-order valence-corrected chi connectivity index (χ4v) is 3.93. The summed E-state index contributed by atoms with van der Waals surface area (Å²) in [5, 5.41) is 2.16. The van der Waals surface area contributed by atoms with Gasteiger partial charge in [-0.15, -0.1) is 11.6 Å². The SMILES string of the molecule is CC(Cl)C(=O)NCCN1CCN(S(=O)(=O)c2ccc(F)cc2)CC1. The number of alkyl halides is 1. The highest BCUT2D eigenvalue weighted by Crippen LogP contribution is 2.17. The van der Waals surface area contributed by atoms with Gasteiger partial charge in [0.1, 0.15) is 11.2 Å². The molecule has 0 bridgehead atoms. The lowest BCUT2D eigenvalue weighted by Crippen LogP contribution is -2.50. The molecule has 24 heavy (non-hydrogen) atoms. The third-order valence-corrected chi connectivity index (χ3v) is 5.98. The van der Waals surface area contributed by atoms with Crippen LogP contribution in [-0.2, 0) is 14.8 Å². The summed E-state index contributed by atoms with van der Waals surface area (Å²) < 4.78 is 39.3. The molecule has 0 spiro atoms. The first kappa shape index (κ1) is 19.1. The van der Waals surface area contributed by atoms with Crippen LogP contribution in [0.4, 0.5) is 4.39 Å². The van der Waals surface area contributed by atoms with Gasteiger partial charge in [0.25, 0.3) is 0 Å². The molecule has 2 rings (SSSR count). The lowest BCUT2D eigenvalue weighted by Gasteiger charge is -2.34. The van der Waals surface area contributed by atoms with Crippen LogP contribution >= 0.6 is 11.6 Å². The lowest BCUT2D eigenvalue weighted by molar-refractivity contribution is -0.120. The number of hydrogen-bond donors (Lipinski definition) is 1. The molecule has 1 atom stereocenters. The second kappa shape index (κ2) is 8.24. The third kappa shape index (κ3) is 4.89. The Morgan fingerprint density at radius 1 is 1.25 bits per heavy atom. The van der Waals surface area contributed by atoms with Crippen molar-refractivity contribution in [3.63, 3.8) is 0 Å². The highest BCUT2D eigenvalue weighted by molar-refractivity contribution is 7.89. The van der Waals surface area contributed by atoms with E-state index in [0.29, 0.717) is 39.3 Å². The molecule has 1 amide bonds. The Labute approximate surface area is 146 Å². The van der Waals surface area contributed by atoms with Crippen molar-refractivity contribution >= 4 is 27.5 Å². The zero-order valence-corrected chi connectivity index (χ0v) is 15.0. The molecule has 0 saturated carbocycles. The van der Waals surface area contributed by atoms with E-state index in [4.69, 9.17) is 11.6 Å². The summed E-state index contributed by atoms with van der Waals surface area (Å²) in [7, 11) is -3.59. The highest BCUT2D eigenvalue weighted by Gasteiger charge is 2.28. The van der Waals surface area contributed by atoms with Crippen molar-refractivity contribution in [2.45, 2.75) is 17.2 Å². The average Bonchev–Trinajstić information content (AvgIpc) is 2.55. The number of carbonyl (C=O) groups is 1. The number of piperazine rings is 1. The summed E-state index contributed by atoms with van der Waals surface area (Å²) in [5.41, 5.74) is 0. The van der Waals surface area contributed by atoms with Crippen molar-refractivity contribution in [3.8, 4) is 0 Å². The Bertz CT molecular complexity index is 659. The Balaban J connectivity index is 1.84. The van der Waals surface area contributed by atoms with Gasteiger partial charge in [0.15, 0.2) is 0 Å². The van der Waals surface area contributed by atoms with Crippen molar-refractivity contribution in [2.24, 2.45) is 0 Å². The lowest BCUT2D eigenvalue weighted by atomic mass is 10.3. The van der Waals surface area contributed by atoms with E-state index in [0.717, 1.165) is 12.1 Å². The molecule has 1 saturated heterocycles. The van der Waals surface area contributed by atoms with Crippen LogP contribution in [0.15, 0.2) is 29.2 Å². The maximum absolute atomic E-state index is 12.9. The maximum Gasteiger partial charge on any atom is 0.243 e. The number of nitrogens with zero attached hydrogens (tertiary/aromatic N) is 2. The van der Waals surface area contributed by atoms with Gasteiger partial charge in [-0.2, -0.15) is 4.31 Å². The summed E-state index contributed by atoms with van der Waals surface area (Å²) in [6.07, 6.45) is 0. The number of hydrogen-bond acceptors (Lipinski definition) is 4. The van der Waals surface area contributed by atoms with E-state index in [2.05, 4.69) is 10.2 Å². The van der Waals surface area contributed by atoms with Gasteiger partial charge in [-0.25, -0.2) is 12.8 Å². The number of nitrogens with one attached hydrogen (secondary N) is 1. The molecule has 9 heteroatoms. The van der Waals surface area contributed by atoms with Gasteiger partial charge < -0.3 is 5.32 Å². The fraction of sp³-hybridized carbons (Fsp3) is 0.533. The van der Waals surface area contributed by atoms with Crippen molar-refractivity contribution in [3.05, 3.63) is 30.1 Å². The zero-order valence-electron chi connectivity index (χ0n) is 13.4. The molecule has 0 radical (unpaired) electrons. The van der Waals surface area contributed by atoms with E-state index in [1.165, 1.54) is 16.4 Å². The topological polar surface area (TPSA) is 69.7 Å². The molecule has 1 heterocycles. The van der Waals surface area contributed by atoms with E-state index >= 15 is 0 Å². The largest absolute Gasteiger partial charge is 0.354 e. The van der Waals surface area contributed by atoms with Crippen molar-refractivity contribution in [1.82, 2.24) is 14.5 Å². The minimum Gasteiger partial charge on any atom is -0.354 e. The standard InChI is InChI=1S/C15H21ClFN3O3S/c1-12(16)15(21)18-6-7-19-8-10-20(11-9-19)24(22,23)14-4-2-13(17)3-5-14/h2-5,12H,6-11H2,1H3,(H,18,21). The first-order chi connectivity index (χ1) is 11.3. The first-order valence-corrected chi connectivity index (χ1v) is 9.58. The van der Waals surface area contributed by atoms with Crippen LogP contribution in [0.5, 0.6) is 0 Å². The second-order valence-electron chi connectivity index (χ2n) is 5.61. The van der Waals surface area contributed by atoms with Gasteiger partial charge in [-0.3, -0.25) is 9.69 Å². The van der Waals surface area contributed by atoms with Crippen LogP contribution in [-0.4, -0.2) is 68.2 Å². The maximum atomic E-state index is 12.9. The Hall–Kier alpha value is -1.22. The minimum atomic E-state index is -3.59. The van der Waals surface area contributed by atoms with Gasteiger partial charge in [0.2, 0.25) is 15.9 Å². The van der Waals surface area contributed by atoms with Gasteiger partial charge in [-0.1, -0.05) is 0 Å². The molecule has 0 aromatic heterocycles. The summed E-state index contributed by atoms with van der Waals surface area (Å²) >= 11 is 5.66. The molecule has 1 fully saturated rings. The van der Waals surface area contributed by atoms with Crippen molar-refractivity contribution in [1.29, 1.82) is 0 Å². The van der Waals surface area contributed by atoms with Crippen molar-refractivity contribution < 1.29 is 17.6 Å². The zero-order chi connectivity index (χ0) is 17.7. The van der Waals surface area contributed by atoms with E-state index in [1.807, 2.05) is 0 Å². The van der Waals surface area contributed by atoms with Crippen LogP contribution < -0.4 is 5.32 Å². The molecule has 1 unspecified atom stereocenters. The molecule has 1 aromatic carbocycles. The van der Waals surface area contributed by atoms with Crippen molar-refractivity contribution in [2.75, 3.05) is 39.3 Å². The molecular weight excluding hydrogens is 357 g/mol. The van der Waals surface area contributed by atoms with Crippen LogP contribution in [0.2, 0.25) is 0 Å². The fourth-order valence-electron chi connectivity index (χ4n) is 2.43. The minimum absolute atomic E-state index is 0.0979. The highest BCUT2D eigenvalue weighted by atomic mass is 35.5. The number of amides is 1. The quantitative estimate of drug-likeness (QED) is 0.747. The summed E-state index contributed by atoms with van der Waals surface area (Å²) in [6, 6.07) is 4.84. The third-order valence-electron chi connectivity index (χ3n) is 3.87. The monoisotopic (exact) mass is 377 g/mol. The molecule has 1 aromatic rings. The second-order valence-corrected chi connectivity index (χ2v) is 8.20. The van der Waals surface area contributed by atoms with Crippen LogP contribution in [0, 0.1) is 5.82 Å². The summed E-state index contributed by atoms with van der Waals surface area (Å²) in [4.78, 5) is 13.6. The number of halogens is 2. The van der Waals surface area contributed by atoms with Crippen LogP contribution in [0.25, 0.3) is 0 Å². The molecule has 134 valence electrons. The average molecular weight is 378 g/mol. The number of sulfonamides is 1. The predicted molar refractivity (Wildman–Crippen MR) is 89.9 cm³/mol. The van der Waals surface area contributed by atoms with Gasteiger partial charge in [-0.05, 0) is 31.2 Å². The predicted octanol–water partition coefficient (Wildman–Crippen LogP) is 0.875. The molecule has 1 aliphatic heterocycles. The first-order valence-electron chi connectivity index (χ1n) is 7.70. The van der Waals surface area contributed by atoms with Gasteiger partial charge in [0, 0.05) is 39.3 Å². The van der Waals surface area contributed by atoms with Crippen LogP contribution in [0.1, 0.15) is 6.92 Å². The normalized spacial score (nSPS) is 18.3. The van der Waals surface area contributed by atoms with Crippen LogP contribution in [0.3, 0.4) is 0 Å². The number of rotatable bonds is 6. The molecule has 0 aliphatic carbocycles. The summed E-state index contributed by atoms with van der Waals surface area (Å²) in [6.45, 7) is 4.59. The molecule has 6 nitrogen and oxygen atoms in total. The van der Waals surface area contributed by atoms with Gasteiger partial charge in [0.05, 0.1) is 4.90 Å². The van der Waals surface area contributed by atoms with E-state index < -0.39 is 21.2 Å². The van der Waals surface area contributed by atoms with Gasteiger partial charge >= 0.3 is 0 Å². The Kier molecular flexibility index (Phi) is 6.56. The molecular formula is C15H21ClFN3O3S. The Morgan fingerprint density at radius 2 is 1.83 bits per heavy atom. The smallest absolute Gasteiger partial charge is 0.243 e. The van der Waals surface area contributed by atoms with E-state index in [1.54, 1.807) is 6.92 Å². The Morgan fingerprint density at radius 3 is 2.38 bits per heavy atom. The molecule has 1 N–H and O–H groups in total. The summed E-state index contributed by atoms with van der Waals surface area (Å²) in [5.74, 6) is -0.679. The molecule has 1 aliphatic rings. The number of carbonyl (C=O) groups excluding carboxylic acids is 1. The number of benzene rings is 1.